The number of hydrogen-bond donors (Lipinski definition) is 2. The van der Waals surface area contributed by atoms with Crippen molar-refractivity contribution in [3.63, 3.8) is 0 Å². The van der Waals surface area contributed by atoms with E-state index in [1.807, 2.05) is 47.9 Å². The van der Waals surface area contributed by atoms with Crippen LogP contribution in [0.2, 0.25) is 0 Å². The van der Waals surface area contributed by atoms with E-state index in [1.165, 1.54) is 12.8 Å². The van der Waals surface area contributed by atoms with E-state index in [9.17, 15) is 14.7 Å². The predicted molar refractivity (Wildman–Crippen MR) is 121 cm³/mol. The van der Waals surface area contributed by atoms with Crippen molar-refractivity contribution in [1.82, 2.24) is 14.8 Å². The highest BCUT2D eigenvalue weighted by atomic mass is 16.5. The van der Waals surface area contributed by atoms with Gasteiger partial charge in [-0.05, 0) is 43.5 Å². The van der Waals surface area contributed by atoms with Crippen LogP contribution in [0.5, 0.6) is 5.75 Å². The van der Waals surface area contributed by atoms with Crippen molar-refractivity contribution in [2.24, 2.45) is 17.8 Å². The first-order valence-corrected chi connectivity index (χ1v) is 11.6. The van der Waals surface area contributed by atoms with E-state index < -0.39 is 0 Å². The Balaban J connectivity index is 1.50. The van der Waals surface area contributed by atoms with Gasteiger partial charge in [0.05, 0.1) is 24.8 Å². The number of ether oxygens (including phenoxy) is 1. The average Bonchev–Trinajstić information content (AvgIpc) is 3.49. The summed E-state index contributed by atoms with van der Waals surface area (Å²) in [5.41, 5.74) is 2.25. The standard InChI is InChI=1S/C25H31N3O4/c1-3-27-22-18(19(14-29)23(27)24(30)26-12-15-8-9-15)13-28-20(22)11-10-17(25(28)31)16-6-4-5-7-21(16)32-2/h4-7,10-11,15,18-19,22-23,29H,3,8-9,12-14H2,1-2H3,(H,26,30)/t18-,19-,22+,23-/m0/s1. The lowest BCUT2D eigenvalue weighted by molar-refractivity contribution is -0.127. The van der Waals surface area contributed by atoms with Crippen molar-refractivity contribution in [2.45, 2.75) is 38.4 Å². The molecule has 3 heterocycles. The summed E-state index contributed by atoms with van der Waals surface area (Å²) in [6, 6.07) is 11.0. The molecule has 0 spiro atoms. The summed E-state index contributed by atoms with van der Waals surface area (Å²) in [7, 11) is 1.60. The second-order valence-corrected chi connectivity index (χ2v) is 9.21. The molecule has 1 amide bonds. The topological polar surface area (TPSA) is 83.8 Å². The lowest BCUT2D eigenvalue weighted by Crippen LogP contribution is -2.48. The van der Waals surface area contributed by atoms with Crippen LogP contribution in [-0.4, -0.2) is 53.3 Å². The minimum Gasteiger partial charge on any atom is -0.496 e. The maximum Gasteiger partial charge on any atom is 0.258 e. The molecule has 7 heteroatoms. The largest absolute Gasteiger partial charge is 0.496 e. The van der Waals surface area contributed by atoms with Crippen LogP contribution in [0.1, 0.15) is 31.5 Å². The fraction of sp³-hybridized carbons (Fsp3) is 0.520. The van der Waals surface area contributed by atoms with Crippen LogP contribution in [0.25, 0.3) is 11.1 Å². The Hall–Kier alpha value is -2.64. The molecule has 170 valence electrons. The van der Waals surface area contributed by atoms with Gasteiger partial charge in [0.15, 0.2) is 0 Å². The summed E-state index contributed by atoms with van der Waals surface area (Å²) in [4.78, 5) is 28.8. The van der Waals surface area contributed by atoms with Crippen LogP contribution in [0, 0.1) is 17.8 Å². The normalized spacial score (nSPS) is 26.6. The molecule has 0 bridgehead atoms. The monoisotopic (exact) mass is 437 g/mol. The number of fused-ring (bicyclic) bond motifs is 3. The third kappa shape index (κ3) is 3.35. The molecule has 1 saturated carbocycles. The predicted octanol–water partition coefficient (Wildman–Crippen LogP) is 2.03. The Bertz CT molecular complexity index is 1080. The molecule has 1 aromatic carbocycles. The fourth-order valence-corrected chi connectivity index (χ4v) is 5.72. The SMILES string of the molecule is CCN1[C@H](C(=O)NCC2CC2)[C@@H](CO)[C@@H]2Cn3c(ccc(-c4ccccc4OC)c3=O)[C@@H]21. The van der Waals surface area contributed by atoms with Crippen molar-refractivity contribution < 1.29 is 14.6 Å². The van der Waals surface area contributed by atoms with Gasteiger partial charge in [0.2, 0.25) is 5.91 Å². The van der Waals surface area contributed by atoms with Gasteiger partial charge in [0.25, 0.3) is 5.56 Å². The Kier molecular flexibility index (Phi) is 5.55. The number of amides is 1. The molecule has 7 nitrogen and oxygen atoms in total. The Morgan fingerprint density at radius 1 is 1.19 bits per heavy atom. The van der Waals surface area contributed by atoms with Crippen LogP contribution >= 0.6 is 0 Å². The number of rotatable bonds is 7. The number of nitrogens with one attached hydrogen (secondary N) is 1. The number of aromatic nitrogens is 1. The van der Waals surface area contributed by atoms with Crippen LogP contribution in [0.3, 0.4) is 0 Å². The highest BCUT2D eigenvalue weighted by Crippen LogP contribution is 2.49. The van der Waals surface area contributed by atoms with Gasteiger partial charge in [0, 0.05) is 42.8 Å². The van der Waals surface area contributed by atoms with E-state index in [1.54, 1.807) is 7.11 Å². The zero-order valence-electron chi connectivity index (χ0n) is 18.7. The van der Waals surface area contributed by atoms with Crippen molar-refractivity contribution in [1.29, 1.82) is 0 Å². The number of likely N-dealkylation sites (N-methyl/N-ethyl adjacent to an activating group) is 1. The number of likely N-dealkylation sites (tertiary alicyclic amines) is 1. The number of hydrogen-bond acceptors (Lipinski definition) is 5. The van der Waals surface area contributed by atoms with Crippen molar-refractivity contribution in [2.75, 3.05) is 26.8 Å². The first kappa shape index (κ1) is 21.2. The molecule has 1 saturated heterocycles. The van der Waals surface area contributed by atoms with E-state index in [0.29, 0.717) is 30.3 Å². The molecule has 4 atom stereocenters. The number of benzene rings is 1. The molecular formula is C25H31N3O4. The molecule has 2 N–H and O–H groups in total. The Labute approximate surface area is 188 Å². The Morgan fingerprint density at radius 3 is 2.66 bits per heavy atom. The van der Waals surface area contributed by atoms with Gasteiger partial charge in [-0.2, -0.15) is 0 Å². The van der Waals surface area contributed by atoms with Crippen LogP contribution in [-0.2, 0) is 11.3 Å². The minimum absolute atomic E-state index is 0.00624. The molecule has 5 rings (SSSR count). The molecule has 2 aliphatic heterocycles. The number of pyridine rings is 1. The molecule has 3 aliphatic rings. The molecule has 32 heavy (non-hydrogen) atoms. The van der Waals surface area contributed by atoms with Gasteiger partial charge < -0.3 is 19.7 Å². The molecule has 0 unspecified atom stereocenters. The summed E-state index contributed by atoms with van der Waals surface area (Å²) in [6.07, 6.45) is 2.36. The minimum atomic E-state index is -0.364. The fourth-order valence-electron chi connectivity index (χ4n) is 5.72. The maximum absolute atomic E-state index is 13.5. The van der Waals surface area contributed by atoms with Crippen LogP contribution in [0.4, 0.5) is 0 Å². The van der Waals surface area contributed by atoms with Gasteiger partial charge in [-0.15, -0.1) is 0 Å². The quantitative estimate of drug-likeness (QED) is 0.693. The molecule has 1 aliphatic carbocycles. The van der Waals surface area contributed by atoms with E-state index in [-0.39, 0.29) is 42.0 Å². The molecule has 1 aromatic heterocycles. The smallest absolute Gasteiger partial charge is 0.258 e. The van der Waals surface area contributed by atoms with Gasteiger partial charge in [0.1, 0.15) is 5.75 Å². The van der Waals surface area contributed by atoms with E-state index >= 15 is 0 Å². The number of carbonyl (C=O) groups excluding carboxylic acids is 1. The number of aliphatic hydroxyl groups is 1. The van der Waals surface area contributed by atoms with Gasteiger partial charge >= 0.3 is 0 Å². The van der Waals surface area contributed by atoms with Crippen molar-refractivity contribution in [3.05, 3.63) is 52.4 Å². The third-order valence-corrected chi connectivity index (χ3v) is 7.48. The van der Waals surface area contributed by atoms with E-state index in [4.69, 9.17) is 4.74 Å². The van der Waals surface area contributed by atoms with E-state index in [2.05, 4.69) is 10.2 Å². The zero-order chi connectivity index (χ0) is 22.4. The number of carbonyl (C=O) groups is 1. The van der Waals surface area contributed by atoms with Gasteiger partial charge in [-0.3, -0.25) is 14.5 Å². The number of para-hydroxylation sites is 1. The molecule has 2 aromatic rings. The maximum atomic E-state index is 13.5. The van der Waals surface area contributed by atoms with Gasteiger partial charge in [-0.25, -0.2) is 0 Å². The summed E-state index contributed by atoms with van der Waals surface area (Å²) in [5, 5.41) is 13.4. The van der Waals surface area contributed by atoms with E-state index in [0.717, 1.165) is 17.8 Å². The van der Waals surface area contributed by atoms with Gasteiger partial charge in [-0.1, -0.05) is 25.1 Å². The summed E-state index contributed by atoms with van der Waals surface area (Å²) < 4.78 is 7.30. The van der Waals surface area contributed by atoms with Crippen molar-refractivity contribution >= 4 is 5.91 Å². The lowest BCUT2D eigenvalue weighted by atomic mass is 9.88. The first-order chi connectivity index (χ1) is 15.6. The summed E-state index contributed by atoms with van der Waals surface area (Å²) in [6.45, 7) is 3.89. The molecule has 2 fully saturated rings. The average molecular weight is 438 g/mol. The molecular weight excluding hydrogens is 406 g/mol. The summed E-state index contributed by atoms with van der Waals surface area (Å²) in [5.74, 6) is 1.10. The number of aliphatic hydroxyl groups excluding tert-OH is 1. The van der Waals surface area contributed by atoms with Crippen molar-refractivity contribution in [3.8, 4) is 16.9 Å². The third-order valence-electron chi connectivity index (χ3n) is 7.48. The summed E-state index contributed by atoms with van der Waals surface area (Å²) >= 11 is 0. The zero-order valence-corrected chi connectivity index (χ0v) is 18.7. The number of nitrogens with zero attached hydrogens (tertiary/aromatic N) is 2. The molecule has 0 radical (unpaired) electrons. The second kappa shape index (κ2) is 8.37. The van der Waals surface area contributed by atoms with Crippen LogP contribution in [0.15, 0.2) is 41.2 Å². The first-order valence-electron chi connectivity index (χ1n) is 11.6. The number of methoxy groups -OCH3 is 1. The van der Waals surface area contributed by atoms with Crippen LogP contribution < -0.4 is 15.6 Å². The second-order valence-electron chi connectivity index (χ2n) is 9.21. The highest BCUT2D eigenvalue weighted by molar-refractivity contribution is 5.83. The lowest BCUT2D eigenvalue weighted by Gasteiger charge is -2.29. The highest BCUT2D eigenvalue weighted by Gasteiger charge is 2.55. The Morgan fingerprint density at radius 2 is 1.97 bits per heavy atom.